The summed E-state index contributed by atoms with van der Waals surface area (Å²) in [4.78, 5) is 0. The van der Waals surface area contributed by atoms with Crippen molar-refractivity contribution in [3.63, 3.8) is 0 Å². The largest absolute Gasteiger partial charge is 0.394 e. The summed E-state index contributed by atoms with van der Waals surface area (Å²) >= 11 is 0. The molecule has 17 heavy (non-hydrogen) atoms. The number of nitrogens with one attached hydrogen (secondary N) is 1. The molecule has 0 aliphatic heterocycles. The van der Waals surface area contributed by atoms with E-state index in [9.17, 15) is 4.21 Å². The fraction of sp³-hybridized carbons (Fsp3) is 0.727. The summed E-state index contributed by atoms with van der Waals surface area (Å²) in [6.07, 6.45) is 1.71. The van der Waals surface area contributed by atoms with E-state index in [1.807, 2.05) is 14.0 Å². The van der Waals surface area contributed by atoms with Crippen LogP contribution in [0, 0.1) is 0 Å². The van der Waals surface area contributed by atoms with Crippen molar-refractivity contribution >= 4 is 22.3 Å². The summed E-state index contributed by atoms with van der Waals surface area (Å²) in [5, 5.41) is 7.70. The van der Waals surface area contributed by atoms with E-state index in [4.69, 9.17) is 5.73 Å². The second kappa shape index (κ2) is 5.53. The third kappa shape index (κ3) is 3.21. The van der Waals surface area contributed by atoms with Crippen LogP contribution in [0.1, 0.15) is 32.4 Å². The summed E-state index contributed by atoms with van der Waals surface area (Å²) in [6.45, 7) is 6.70. The van der Waals surface area contributed by atoms with Gasteiger partial charge in [0.15, 0.2) is 0 Å². The number of hydrogen-bond acceptors (Lipinski definition) is 4. The molecule has 1 aromatic rings. The summed E-state index contributed by atoms with van der Waals surface area (Å²) < 4.78 is 13.0. The Morgan fingerprint density at radius 2 is 2.06 bits per heavy atom. The van der Waals surface area contributed by atoms with Gasteiger partial charge in [-0.25, -0.2) is 0 Å². The number of anilines is 2. The standard InChI is InChI=1S/C11H22N4OS/c1-7(2)10-9(12)11(15(4)14-10)13-6-8(3)17(5)16/h7-8,13H,6,12H2,1-5H3. The number of aryl methyl sites for hydroxylation is 1. The molecule has 3 N–H and O–H groups in total. The second-order valence-electron chi connectivity index (χ2n) is 4.62. The van der Waals surface area contributed by atoms with Gasteiger partial charge in [0.05, 0.1) is 11.4 Å². The molecule has 0 saturated carbocycles. The van der Waals surface area contributed by atoms with E-state index >= 15 is 0 Å². The van der Waals surface area contributed by atoms with Crippen LogP contribution in [0.3, 0.4) is 0 Å². The van der Waals surface area contributed by atoms with Gasteiger partial charge in [0, 0.05) is 35.9 Å². The van der Waals surface area contributed by atoms with Crippen molar-refractivity contribution in [3.8, 4) is 0 Å². The van der Waals surface area contributed by atoms with E-state index in [1.165, 1.54) is 0 Å². The van der Waals surface area contributed by atoms with Crippen LogP contribution in [-0.4, -0.2) is 32.0 Å². The Labute approximate surface area is 105 Å². The Bertz CT molecular complexity index is 414. The van der Waals surface area contributed by atoms with Gasteiger partial charge in [0.2, 0.25) is 0 Å². The zero-order valence-electron chi connectivity index (χ0n) is 11.2. The molecule has 0 fully saturated rings. The minimum Gasteiger partial charge on any atom is -0.394 e. The van der Waals surface area contributed by atoms with Gasteiger partial charge in [-0.2, -0.15) is 5.10 Å². The minimum atomic E-state index is -0.832. The maximum absolute atomic E-state index is 11.3. The van der Waals surface area contributed by atoms with Crippen LogP contribution in [0.4, 0.5) is 11.5 Å². The molecule has 1 rings (SSSR count). The van der Waals surface area contributed by atoms with Crippen molar-refractivity contribution in [2.24, 2.45) is 7.05 Å². The zero-order chi connectivity index (χ0) is 13.2. The summed E-state index contributed by atoms with van der Waals surface area (Å²) in [5.41, 5.74) is 7.64. The lowest BCUT2D eigenvalue weighted by Gasteiger charge is -2.11. The lowest BCUT2D eigenvalue weighted by Crippen LogP contribution is -2.22. The molecule has 5 nitrogen and oxygen atoms in total. The van der Waals surface area contributed by atoms with E-state index in [0.29, 0.717) is 18.2 Å². The predicted octanol–water partition coefficient (Wildman–Crippen LogP) is 1.30. The van der Waals surface area contributed by atoms with Crippen LogP contribution in [0.2, 0.25) is 0 Å². The van der Waals surface area contributed by atoms with Crippen molar-refractivity contribution in [1.82, 2.24) is 9.78 Å². The van der Waals surface area contributed by atoms with Gasteiger partial charge in [-0.15, -0.1) is 0 Å². The maximum atomic E-state index is 11.3. The quantitative estimate of drug-likeness (QED) is 0.835. The topological polar surface area (TPSA) is 72.9 Å². The molecule has 0 amide bonds. The fourth-order valence-corrected chi connectivity index (χ4v) is 1.87. The van der Waals surface area contributed by atoms with Crippen molar-refractivity contribution < 1.29 is 4.21 Å². The van der Waals surface area contributed by atoms with Crippen molar-refractivity contribution in [3.05, 3.63) is 5.69 Å². The van der Waals surface area contributed by atoms with E-state index in [1.54, 1.807) is 10.9 Å². The molecule has 0 spiro atoms. The Morgan fingerprint density at radius 1 is 1.47 bits per heavy atom. The molecule has 6 heteroatoms. The molecular formula is C11H22N4OS. The molecule has 0 bridgehead atoms. The van der Waals surface area contributed by atoms with Gasteiger partial charge in [0.25, 0.3) is 0 Å². The zero-order valence-corrected chi connectivity index (χ0v) is 12.0. The first-order chi connectivity index (χ1) is 7.84. The smallest absolute Gasteiger partial charge is 0.147 e. The first-order valence-electron chi connectivity index (χ1n) is 5.73. The molecule has 98 valence electrons. The molecule has 2 atom stereocenters. The SMILES string of the molecule is CC(C)c1nn(C)c(NCC(C)S(C)=O)c1N. The number of nitrogens with zero attached hydrogens (tertiary/aromatic N) is 2. The molecule has 0 radical (unpaired) electrons. The Kier molecular flexibility index (Phi) is 4.56. The molecule has 2 unspecified atom stereocenters. The van der Waals surface area contributed by atoms with Gasteiger partial charge in [-0.3, -0.25) is 8.89 Å². The lowest BCUT2D eigenvalue weighted by atomic mass is 10.1. The van der Waals surface area contributed by atoms with Crippen molar-refractivity contribution in [2.75, 3.05) is 23.9 Å². The van der Waals surface area contributed by atoms with Crippen LogP contribution in [0.25, 0.3) is 0 Å². The Hall–Kier alpha value is -1.04. The summed E-state index contributed by atoms with van der Waals surface area (Å²) in [6, 6.07) is 0. The molecule has 1 heterocycles. The number of hydrogen-bond donors (Lipinski definition) is 2. The minimum absolute atomic E-state index is 0.0896. The molecule has 0 saturated heterocycles. The van der Waals surface area contributed by atoms with Crippen LogP contribution in [0.5, 0.6) is 0 Å². The van der Waals surface area contributed by atoms with E-state index in [2.05, 4.69) is 24.3 Å². The third-order valence-corrected chi connectivity index (χ3v) is 4.08. The van der Waals surface area contributed by atoms with Crippen LogP contribution < -0.4 is 11.1 Å². The number of aromatic nitrogens is 2. The molecule has 0 aromatic carbocycles. The fourth-order valence-electron chi connectivity index (χ4n) is 1.55. The second-order valence-corrected chi connectivity index (χ2v) is 6.42. The number of rotatable bonds is 5. The Morgan fingerprint density at radius 3 is 2.47 bits per heavy atom. The highest BCUT2D eigenvalue weighted by atomic mass is 32.2. The normalized spacial score (nSPS) is 14.9. The van der Waals surface area contributed by atoms with Crippen LogP contribution in [-0.2, 0) is 17.8 Å². The molecular weight excluding hydrogens is 236 g/mol. The van der Waals surface area contributed by atoms with Gasteiger partial charge in [-0.05, 0) is 12.8 Å². The van der Waals surface area contributed by atoms with Gasteiger partial charge >= 0.3 is 0 Å². The molecule has 0 aliphatic rings. The average Bonchev–Trinajstić information content (AvgIpc) is 2.51. The highest BCUT2D eigenvalue weighted by Gasteiger charge is 2.16. The van der Waals surface area contributed by atoms with Crippen molar-refractivity contribution in [1.29, 1.82) is 0 Å². The predicted molar refractivity (Wildman–Crippen MR) is 73.7 cm³/mol. The average molecular weight is 258 g/mol. The van der Waals surface area contributed by atoms with E-state index in [-0.39, 0.29) is 5.25 Å². The van der Waals surface area contributed by atoms with E-state index in [0.717, 1.165) is 11.5 Å². The first-order valence-corrected chi connectivity index (χ1v) is 7.35. The van der Waals surface area contributed by atoms with Gasteiger partial charge in [-0.1, -0.05) is 13.8 Å². The monoisotopic (exact) mass is 258 g/mol. The molecule has 1 aromatic heterocycles. The van der Waals surface area contributed by atoms with Crippen LogP contribution in [0.15, 0.2) is 0 Å². The highest BCUT2D eigenvalue weighted by Crippen LogP contribution is 2.27. The maximum Gasteiger partial charge on any atom is 0.147 e. The summed E-state index contributed by atoms with van der Waals surface area (Å²) in [5.74, 6) is 1.11. The van der Waals surface area contributed by atoms with Crippen LogP contribution >= 0.6 is 0 Å². The van der Waals surface area contributed by atoms with Crippen molar-refractivity contribution in [2.45, 2.75) is 31.9 Å². The van der Waals surface area contributed by atoms with Gasteiger partial charge < -0.3 is 11.1 Å². The molecule has 0 aliphatic carbocycles. The lowest BCUT2D eigenvalue weighted by molar-refractivity contribution is 0.677. The van der Waals surface area contributed by atoms with Gasteiger partial charge in [0.1, 0.15) is 5.82 Å². The number of nitrogens with two attached hydrogens (primary N) is 1. The highest BCUT2D eigenvalue weighted by molar-refractivity contribution is 7.84. The first kappa shape index (κ1) is 14.0. The number of nitrogen functional groups attached to an aromatic ring is 1. The third-order valence-electron chi connectivity index (χ3n) is 2.78. The van der Waals surface area contributed by atoms with E-state index < -0.39 is 10.8 Å². The summed E-state index contributed by atoms with van der Waals surface area (Å²) in [7, 11) is 1.03. The Balaban J connectivity index is 2.81.